The first kappa shape index (κ1) is 20.9. The fourth-order valence-corrected chi connectivity index (χ4v) is 3.77. The number of thiazole rings is 1. The molecule has 2 aromatic heterocycles. The first-order valence-electron chi connectivity index (χ1n) is 8.82. The number of imidazole rings is 1. The minimum absolute atomic E-state index is 0. The number of likely N-dealkylation sites (tertiary alicyclic amines) is 1. The number of guanidine groups is 1. The van der Waals surface area contributed by atoms with Crippen LogP contribution in [0.5, 0.6) is 0 Å². The van der Waals surface area contributed by atoms with Gasteiger partial charge in [0.25, 0.3) is 0 Å². The lowest BCUT2D eigenvalue weighted by molar-refractivity contribution is -0.149. The van der Waals surface area contributed by atoms with E-state index in [-0.39, 0.29) is 35.9 Å². The van der Waals surface area contributed by atoms with Gasteiger partial charge in [-0.2, -0.15) is 0 Å². The molecule has 1 N–H and O–H groups in total. The lowest BCUT2D eigenvalue weighted by Gasteiger charge is -2.33. The Bertz CT molecular complexity index is 716. The third-order valence-electron chi connectivity index (χ3n) is 4.21. The Labute approximate surface area is 174 Å². The Morgan fingerprint density at radius 3 is 3.08 bits per heavy atom. The topological polar surface area (TPSA) is 71.2 Å². The van der Waals surface area contributed by atoms with Gasteiger partial charge in [0.05, 0.1) is 24.8 Å². The molecule has 3 heterocycles. The van der Waals surface area contributed by atoms with Crippen molar-refractivity contribution in [1.82, 2.24) is 19.6 Å². The van der Waals surface area contributed by atoms with E-state index in [0.29, 0.717) is 19.7 Å². The highest BCUT2D eigenvalue weighted by atomic mass is 127. The first-order valence-corrected chi connectivity index (χ1v) is 9.70. The summed E-state index contributed by atoms with van der Waals surface area (Å²) in [5.41, 5.74) is 0.946. The molecule has 26 heavy (non-hydrogen) atoms. The number of ether oxygens (including phenoxy) is 1. The molecule has 0 aromatic carbocycles. The second kappa shape index (κ2) is 10.1. The molecule has 7 nitrogen and oxygen atoms in total. The molecule has 0 bridgehead atoms. The zero-order valence-electron chi connectivity index (χ0n) is 15.2. The number of aromatic nitrogens is 2. The number of aliphatic imine (C=N–C) groups is 1. The van der Waals surface area contributed by atoms with Gasteiger partial charge in [0.2, 0.25) is 0 Å². The molecule has 1 aliphatic heterocycles. The lowest BCUT2D eigenvalue weighted by atomic mass is 9.98. The summed E-state index contributed by atoms with van der Waals surface area (Å²) in [6.45, 7) is 7.20. The highest BCUT2D eigenvalue weighted by Crippen LogP contribution is 2.18. The number of hydrogen-bond donors (Lipinski definition) is 1. The number of esters is 1. The minimum Gasteiger partial charge on any atom is -0.466 e. The van der Waals surface area contributed by atoms with Gasteiger partial charge in [-0.05, 0) is 26.7 Å². The summed E-state index contributed by atoms with van der Waals surface area (Å²) in [6.07, 6.45) is 5.86. The molecule has 0 spiro atoms. The first-order chi connectivity index (χ1) is 12.2. The fourth-order valence-electron chi connectivity index (χ4n) is 3.06. The lowest BCUT2D eigenvalue weighted by Crippen LogP contribution is -2.48. The SMILES string of the molecule is CCNC(=NCc1cn2ccsc2n1)N1CCCC(C(=O)OCC)C1.I. The molecule has 1 fully saturated rings. The summed E-state index contributed by atoms with van der Waals surface area (Å²) in [5.74, 6) is 0.667. The number of carbonyl (C=O) groups excluding carboxylic acids is 1. The molecule has 2 aromatic rings. The zero-order valence-corrected chi connectivity index (χ0v) is 18.3. The Morgan fingerprint density at radius 1 is 1.50 bits per heavy atom. The predicted molar refractivity (Wildman–Crippen MR) is 114 cm³/mol. The van der Waals surface area contributed by atoms with Gasteiger partial charge in [-0.15, -0.1) is 35.3 Å². The minimum atomic E-state index is -0.0996. The van der Waals surface area contributed by atoms with Crippen molar-refractivity contribution < 1.29 is 9.53 Å². The highest BCUT2D eigenvalue weighted by Gasteiger charge is 2.28. The van der Waals surface area contributed by atoms with Crippen molar-refractivity contribution in [2.75, 3.05) is 26.2 Å². The van der Waals surface area contributed by atoms with Crippen molar-refractivity contribution in [3.05, 3.63) is 23.5 Å². The third-order valence-corrected chi connectivity index (χ3v) is 4.98. The largest absolute Gasteiger partial charge is 0.466 e. The van der Waals surface area contributed by atoms with Crippen LogP contribution in [0.3, 0.4) is 0 Å². The second-order valence-corrected chi connectivity index (χ2v) is 6.91. The molecule has 1 unspecified atom stereocenters. The molecular formula is C17H26IN5O2S. The average Bonchev–Trinajstić information content (AvgIpc) is 3.20. The van der Waals surface area contributed by atoms with Crippen LogP contribution in [-0.4, -0.2) is 52.5 Å². The maximum Gasteiger partial charge on any atom is 0.310 e. The third kappa shape index (κ3) is 5.09. The predicted octanol–water partition coefficient (Wildman–Crippen LogP) is 2.75. The van der Waals surface area contributed by atoms with Crippen LogP contribution < -0.4 is 5.32 Å². The zero-order chi connectivity index (χ0) is 17.6. The number of hydrogen-bond acceptors (Lipinski definition) is 5. The number of halogens is 1. The number of carbonyl (C=O) groups is 1. The normalized spacial score (nSPS) is 17.8. The number of nitrogens with one attached hydrogen (secondary N) is 1. The molecule has 0 amide bonds. The van der Waals surface area contributed by atoms with Gasteiger partial charge in [0, 0.05) is 37.4 Å². The van der Waals surface area contributed by atoms with Crippen LogP contribution >= 0.6 is 35.3 Å². The van der Waals surface area contributed by atoms with E-state index >= 15 is 0 Å². The van der Waals surface area contributed by atoms with Crippen molar-refractivity contribution >= 4 is 52.2 Å². The van der Waals surface area contributed by atoms with Crippen molar-refractivity contribution in [2.24, 2.45) is 10.9 Å². The van der Waals surface area contributed by atoms with Crippen LogP contribution in [0.1, 0.15) is 32.4 Å². The summed E-state index contributed by atoms with van der Waals surface area (Å²) in [6, 6.07) is 0. The van der Waals surface area contributed by atoms with Crippen LogP contribution in [0.4, 0.5) is 0 Å². The smallest absolute Gasteiger partial charge is 0.310 e. The maximum absolute atomic E-state index is 12.1. The van der Waals surface area contributed by atoms with Gasteiger partial charge in [-0.1, -0.05) is 0 Å². The number of nitrogens with zero attached hydrogens (tertiary/aromatic N) is 4. The average molecular weight is 491 g/mol. The van der Waals surface area contributed by atoms with Gasteiger partial charge in [0.1, 0.15) is 0 Å². The molecule has 0 radical (unpaired) electrons. The highest BCUT2D eigenvalue weighted by molar-refractivity contribution is 14.0. The van der Waals surface area contributed by atoms with E-state index in [0.717, 1.165) is 42.5 Å². The Morgan fingerprint density at radius 2 is 2.35 bits per heavy atom. The summed E-state index contributed by atoms with van der Waals surface area (Å²) in [7, 11) is 0. The monoisotopic (exact) mass is 491 g/mol. The molecule has 3 rings (SSSR count). The van der Waals surface area contributed by atoms with Crippen molar-refractivity contribution in [3.63, 3.8) is 0 Å². The van der Waals surface area contributed by atoms with Crippen molar-refractivity contribution in [3.8, 4) is 0 Å². The molecule has 9 heteroatoms. The van der Waals surface area contributed by atoms with E-state index in [1.807, 2.05) is 29.1 Å². The molecule has 1 saturated heterocycles. The molecule has 1 atom stereocenters. The second-order valence-electron chi connectivity index (χ2n) is 6.03. The van der Waals surface area contributed by atoms with Crippen LogP contribution in [0.2, 0.25) is 0 Å². The van der Waals surface area contributed by atoms with Gasteiger partial charge in [-0.3, -0.25) is 9.20 Å². The summed E-state index contributed by atoms with van der Waals surface area (Å²) in [4.78, 5) is 24.5. The molecular weight excluding hydrogens is 465 g/mol. The van der Waals surface area contributed by atoms with Gasteiger partial charge >= 0.3 is 5.97 Å². The maximum atomic E-state index is 12.1. The fraction of sp³-hybridized carbons (Fsp3) is 0.588. The van der Waals surface area contributed by atoms with Crippen LogP contribution in [0.25, 0.3) is 4.96 Å². The Balaban J connectivity index is 0.00000243. The van der Waals surface area contributed by atoms with E-state index in [1.165, 1.54) is 0 Å². The van der Waals surface area contributed by atoms with Crippen molar-refractivity contribution in [1.29, 1.82) is 0 Å². The molecule has 1 aliphatic rings. The summed E-state index contributed by atoms with van der Waals surface area (Å²) < 4.78 is 7.20. The Kier molecular flexibility index (Phi) is 8.14. The van der Waals surface area contributed by atoms with Gasteiger partial charge < -0.3 is 15.0 Å². The van der Waals surface area contributed by atoms with Crippen molar-refractivity contribution in [2.45, 2.75) is 33.2 Å². The number of piperidine rings is 1. The van der Waals surface area contributed by atoms with E-state index < -0.39 is 0 Å². The summed E-state index contributed by atoms with van der Waals surface area (Å²) >= 11 is 1.61. The van der Waals surface area contributed by atoms with E-state index in [4.69, 9.17) is 9.73 Å². The van der Waals surface area contributed by atoms with Crippen LogP contribution in [0.15, 0.2) is 22.8 Å². The summed E-state index contributed by atoms with van der Waals surface area (Å²) in [5, 5.41) is 5.35. The number of fused-ring (bicyclic) bond motifs is 1. The molecule has 0 aliphatic carbocycles. The number of rotatable bonds is 5. The molecule has 0 saturated carbocycles. The standard InChI is InChI=1S/C17H25N5O2S.HI/c1-3-18-16(19-10-14-12-22-8-9-25-17(22)20-14)21-7-5-6-13(11-21)15(23)24-4-2;/h8-9,12-13H,3-7,10-11H2,1-2H3,(H,18,19);1H. The van der Waals surface area contributed by atoms with Crippen LogP contribution in [-0.2, 0) is 16.1 Å². The quantitative estimate of drug-likeness (QED) is 0.302. The van der Waals surface area contributed by atoms with Crippen LogP contribution in [0, 0.1) is 5.92 Å². The molecule has 144 valence electrons. The van der Waals surface area contributed by atoms with E-state index in [1.54, 1.807) is 11.3 Å². The van der Waals surface area contributed by atoms with Gasteiger partial charge in [0.15, 0.2) is 10.9 Å². The van der Waals surface area contributed by atoms with Gasteiger partial charge in [-0.25, -0.2) is 9.98 Å². The Hall–Kier alpha value is -1.36. The van der Waals surface area contributed by atoms with E-state index in [9.17, 15) is 4.79 Å². The van der Waals surface area contributed by atoms with E-state index in [2.05, 4.69) is 22.1 Å².